The average molecular weight is 314 g/mol. The zero-order valence-electron chi connectivity index (χ0n) is 13.5. The third-order valence-corrected chi connectivity index (χ3v) is 4.91. The molecule has 0 aromatic carbocycles. The van der Waals surface area contributed by atoms with E-state index in [4.69, 9.17) is 4.74 Å². The Balaban J connectivity index is 1.69. The number of aromatic hydroxyl groups is 1. The molecule has 1 spiro atoms. The predicted octanol–water partition coefficient (Wildman–Crippen LogP) is 1.84. The van der Waals surface area contributed by atoms with Gasteiger partial charge in [-0.3, -0.25) is 4.57 Å². The van der Waals surface area contributed by atoms with Crippen LogP contribution in [0.25, 0.3) is 5.82 Å². The first kappa shape index (κ1) is 14.4. The molecule has 2 aromatic rings. The predicted molar refractivity (Wildman–Crippen MR) is 88.7 cm³/mol. The van der Waals surface area contributed by atoms with Crippen molar-refractivity contribution in [1.82, 2.24) is 14.9 Å². The number of anilines is 1. The summed E-state index contributed by atoms with van der Waals surface area (Å²) in [6.45, 7) is 4.88. The highest BCUT2D eigenvalue weighted by Crippen LogP contribution is 2.40. The summed E-state index contributed by atoms with van der Waals surface area (Å²) in [4.78, 5) is 6.90. The molecule has 1 aliphatic heterocycles. The van der Waals surface area contributed by atoms with E-state index in [1.165, 1.54) is 12.8 Å². The zero-order chi connectivity index (χ0) is 16.0. The van der Waals surface area contributed by atoms with Gasteiger partial charge in [-0.15, -0.1) is 0 Å². The molecule has 0 unspecified atom stereocenters. The summed E-state index contributed by atoms with van der Waals surface area (Å²) in [6.07, 6.45) is 4.34. The topological polar surface area (TPSA) is 62.6 Å². The molecule has 122 valence electrons. The van der Waals surface area contributed by atoms with Crippen LogP contribution in [0.4, 0.5) is 5.69 Å². The van der Waals surface area contributed by atoms with Crippen molar-refractivity contribution in [2.24, 2.45) is 0 Å². The molecule has 2 aromatic heterocycles. The molecule has 2 fully saturated rings. The first-order valence-corrected chi connectivity index (χ1v) is 8.04. The highest BCUT2D eigenvalue weighted by Gasteiger charge is 2.45. The second kappa shape index (κ2) is 5.16. The van der Waals surface area contributed by atoms with Crippen LogP contribution < -0.4 is 15.0 Å². The number of nitrogens with zero attached hydrogens (tertiary/aromatic N) is 3. The minimum absolute atomic E-state index is 0.184. The lowest BCUT2D eigenvalue weighted by Gasteiger charge is -2.36. The van der Waals surface area contributed by atoms with Crippen LogP contribution in [-0.2, 0) is 0 Å². The fourth-order valence-electron chi connectivity index (χ4n) is 3.41. The molecular formula is C17H22N4O2. The number of piperazine rings is 1. The number of hydrogen-bond donors (Lipinski definition) is 2. The van der Waals surface area contributed by atoms with E-state index >= 15 is 0 Å². The third-order valence-electron chi connectivity index (χ3n) is 4.91. The van der Waals surface area contributed by atoms with E-state index in [0.29, 0.717) is 11.4 Å². The highest BCUT2D eigenvalue weighted by molar-refractivity contribution is 5.60. The molecule has 1 aliphatic carbocycles. The van der Waals surface area contributed by atoms with Crippen molar-refractivity contribution in [2.75, 3.05) is 31.6 Å². The number of aryl methyl sites for hydroxylation is 1. The second-order valence-electron chi connectivity index (χ2n) is 6.51. The van der Waals surface area contributed by atoms with Gasteiger partial charge in [0.1, 0.15) is 11.6 Å². The van der Waals surface area contributed by atoms with E-state index in [0.717, 1.165) is 36.8 Å². The van der Waals surface area contributed by atoms with Crippen molar-refractivity contribution in [3.8, 4) is 17.4 Å². The first-order valence-electron chi connectivity index (χ1n) is 8.04. The van der Waals surface area contributed by atoms with E-state index in [1.807, 2.05) is 25.3 Å². The van der Waals surface area contributed by atoms with Crippen LogP contribution in [0.5, 0.6) is 11.6 Å². The van der Waals surface area contributed by atoms with Crippen molar-refractivity contribution < 1.29 is 9.84 Å². The van der Waals surface area contributed by atoms with Gasteiger partial charge in [0.15, 0.2) is 5.88 Å². The molecule has 0 atom stereocenters. The van der Waals surface area contributed by atoms with Crippen molar-refractivity contribution in [3.05, 3.63) is 30.1 Å². The molecule has 1 saturated heterocycles. The monoisotopic (exact) mass is 314 g/mol. The Morgan fingerprint density at radius 1 is 1.35 bits per heavy atom. The molecule has 2 aliphatic rings. The van der Waals surface area contributed by atoms with Gasteiger partial charge in [-0.25, -0.2) is 4.98 Å². The average Bonchev–Trinajstić information content (AvgIpc) is 3.22. The largest absolute Gasteiger partial charge is 0.494 e. The normalized spacial score (nSPS) is 19.1. The van der Waals surface area contributed by atoms with Gasteiger partial charge in [-0.05, 0) is 25.8 Å². The Bertz CT molecular complexity index is 717. The number of rotatable bonds is 3. The number of ether oxygens (including phenoxy) is 1. The van der Waals surface area contributed by atoms with Gasteiger partial charge in [0.25, 0.3) is 0 Å². The maximum atomic E-state index is 10.0. The lowest BCUT2D eigenvalue weighted by molar-refractivity contribution is 0.403. The van der Waals surface area contributed by atoms with Crippen LogP contribution in [-0.4, -0.2) is 46.9 Å². The number of methoxy groups -OCH3 is 1. The highest BCUT2D eigenvalue weighted by atomic mass is 16.5. The Labute approximate surface area is 135 Å². The summed E-state index contributed by atoms with van der Waals surface area (Å²) < 4.78 is 7.32. The second-order valence-corrected chi connectivity index (χ2v) is 6.51. The van der Waals surface area contributed by atoms with Gasteiger partial charge in [-0.2, -0.15) is 0 Å². The lowest BCUT2D eigenvalue weighted by atomic mass is 10.1. The summed E-state index contributed by atoms with van der Waals surface area (Å²) >= 11 is 0. The summed E-state index contributed by atoms with van der Waals surface area (Å²) in [5.41, 5.74) is 2.26. The van der Waals surface area contributed by atoms with Gasteiger partial charge in [0.05, 0.1) is 19.0 Å². The van der Waals surface area contributed by atoms with E-state index in [2.05, 4.69) is 15.2 Å². The van der Waals surface area contributed by atoms with Crippen LogP contribution in [0.1, 0.15) is 18.5 Å². The lowest BCUT2D eigenvalue weighted by Crippen LogP contribution is -2.52. The number of nitrogens with one attached hydrogen (secondary N) is 1. The van der Waals surface area contributed by atoms with Crippen LogP contribution in [0.3, 0.4) is 0 Å². The third kappa shape index (κ3) is 2.43. The van der Waals surface area contributed by atoms with Crippen LogP contribution in [0, 0.1) is 6.92 Å². The van der Waals surface area contributed by atoms with Crippen LogP contribution in [0.15, 0.2) is 24.4 Å². The molecule has 6 heteroatoms. The Morgan fingerprint density at radius 3 is 2.83 bits per heavy atom. The minimum atomic E-state index is 0.184. The van der Waals surface area contributed by atoms with Crippen LogP contribution >= 0.6 is 0 Å². The van der Waals surface area contributed by atoms with Gasteiger partial charge in [0.2, 0.25) is 0 Å². The minimum Gasteiger partial charge on any atom is -0.494 e. The molecular weight excluding hydrogens is 292 g/mol. The van der Waals surface area contributed by atoms with Gasteiger partial charge < -0.3 is 20.1 Å². The fourth-order valence-corrected chi connectivity index (χ4v) is 3.41. The maximum Gasteiger partial charge on any atom is 0.197 e. The van der Waals surface area contributed by atoms with Gasteiger partial charge in [0, 0.05) is 43.0 Å². The summed E-state index contributed by atoms with van der Waals surface area (Å²) in [5, 5.41) is 13.6. The van der Waals surface area contributed by atoms with Crippen molar-refractivity contribution in [2.45, 2.75) is 25.3 Å². The smallest absolute Gasteiger partial charge is 0.197 e. The molecule has 6 nitrogen and oxygen atoms in total. The quantitative estimate of drug-likeness (QED) is 0.905. The van der Waals surface area contributed by atoms with Crippen molar-refractivity contribution in [3.63, 3.8) is 0 Å². The molecule has 0 bridgehead atoms. The summed E-state index contributed by atoms with van der Waals surface area (Å²) in [5.74, 6) is 1.64. The number of aromatic nitrogens is 2. The van der Waals surface area contributed by atoms with E-state index < -0.39 is 0 Å². The number of pyridine rings is 1. The molecule has 1 saturated carbocycles. The Hall–Kier alpha value is -2.21. The molecule has 4 rings (SSSR count). The van der Waals surface area contributed by atoms with E-state index in [9.17, 15) is 5.11 Å². The fraction of sp³-hybridized carbons (Fsp3) is 0.471. The molecule has 0 amide bonds. The van der Waals surface area contributed by atoms with Crippen molar-refractivity contribution in [1.29, 1.82) is 0 Å². The standard InChI is InChI=1S/C17H22N4O2/c1-12-3-4-16(22)21(12)15-9-14(23-2)13(10-18-15)20-8-7-19-17(11-20)5-6-17/h3-4,9-10,19,22H,5-8,11H2,1-2H3. The Morgan fingerprint density at radius 2 is 2.17 bits per heavy atom. The SMILES string of the molecule is COc1cc(-n2c(C)ccc2O)ncc1N1CCNC2(CC2)C1. The van der Waals surface area contributed by atoms with E-state index in [1.54, 1.807) is 17.7 Å². The maximum absolute atomic E-state index is 10.0. The van der Waals surface area contributed by atoms with Gasteiger partial charge >= 0.3 is 0 Å². The summed E-state index contributed by atoms with van der Waals surface area (Å²) in [6, 6.07) is 5.43. The van der Waals surface area contributed by atoms with Gasteiger partial charge in [-0.1, -0.05) is 0 Å². The van der Waals surface area contributed by atoms with Crippen molar-refractivity contribution >= 4 is 5.69 Å². The molecule has 0 radical (unpaired) electrons. The molecule has 3 heterocycles. The Kier molecular flexibility index (Phi) is 3.23. The van der Waals surface area contributed by atoms with E-state index in [-0.39, 0.29) is 5.88 Å². The molecule has 23 heavy (non-hydrogen) atoms. The first-order chi connectivity index (χ1) is 11.1. The molecule has 2 N–H and O–H groups in total. The van der Waals surface area contributed by atoms with Crippen LogP contribution in [0.2, 0.25) is 0 Å². The zero-order valence-corrected chi connectivity index (χ0v) is 13.5. The summed E-state index contributed by atoms with van der Waals surface area (Å²) in [7, 11) is 1.68. The number of hydrogen-bond acceptors (Lipinski definition) is 5.